The van der Waals surface area contributed by atoms with Gasteiger partial charge in [0.05, 0.1) is 26.4 Å². The Labute approximate surface area is 170 Å². The van der Waals surface area contributed by atoms with Crippen molar-refractivity contribution in [2.75, 3.05) is 26.4 Å². The van der Waals surface area contributed by atoms with Gasteiger partial charge >= 0.3 is 0 Å². The highest BCUT2D eigenvalue weighted by Crippen LogP contribution is 2.23. The third-order valence-corrected chi connectivity index (χ3v) is 6.00. The lowest BCUT2D eigenvalue weighted by Crippen LogP contribution is -3.06. The summed E-state index contributed by atoms with van der Waals surface area (Å²) in [5, 5.41) is 9.58. The summed E-state index contributed by atoms with van der Waals surface area (Å²) in [4.78, 5) is 26.9. The first-order valence-electron chi connectivity index (χ1n) is 9.74. The highest BCUT2D eigenvalue weighted by atomic mass is 32.2. The predicted octanol–water partition coefficient (Wildman–Crippen LogP) is 1.16. The molecule has 2 amide bonds. The molecular weight excluding hydrogens is 374 g/mol. The van der Waals surface area contributed by atoms with E-state index in [1.807, 2.05) is 18.2 Å². The number of amides is 2. The fraction of sp³-hybridized carbons (Fsp3) is 0.500. The van der Waals surface area contributed by atoms with Crippen LogP contribution in [0.15, 0.2) is 35.5 Å². The van der Waals surface area contributed by atoms with Crippen LogP contribution in [0.2, 0.25) is 0 Å². The Morgan fingerprint density at radius 3 is 2.61 bits per heavy atom. The van der Waals surface area contributed by atoms with E-state index in [0.717, 1.165) is 29.4 Å². The normalized spacial score (nSPS) is 15.4. The van der Waals surface area contributed by atoms with Crippen molar-refractivity contribution in [3.63, 3.8) is 0 Å². The average Bonchev–Trinajstić information content (AvgIpc) is 3.28. The van der Waals surface area contributed by atoms with Crippen molar-refractivity contribution in [2.24, 2.45) is 0 Å². The molecule has 2 heterocycles. The monoisotopic (exact) mass is 402 g/mol. The second kappa shape index (κ2) is 9.34. The van der Waals surface area contributed by atoms with Crippen LogP contribution in [0.5, 0.6) is 0 Å². The lowest BCUT2D eigenvalue weighted by molar-refractivity contribution is -0.893. The Balaban J connectivity index is 1.82. The van der Waals surface area contributed by atoms with Gasteiger partial charge in [-0.15, -0.1) is 10.2 Å². The van der Waals surface area contributed by atoms with E-state index < -0.39 is 0 Å². The van der Waals surface area contributed by atoms with E-state index in [2.05, 4.69) is 47.9 Å². The molecule has 1 N–H and O–H groups in total. The summed E-state index contributed by atoms with van der Waals surface area (Å²) in [6.07, 6.45) is 2.17. The maximum absolute atomic E-state index is 12.4. The van der Waals surface area contributed by atoms with E-state index in [1.54, 1.807) is 0 Å². The smallest absolute Gasteiger partial charge is 0.239 e. The Hall–Kier alpha value is -2.19. The van der Waals surface area contributed by atoms with Gasteiger partial charge in [-0.3, -0.25) is 19.1 Å². The second-order valence-corrected chi connectivity index (χ2v) is 8.22. The van der Waals surface area contributed by atoms with Crippen LogP contribution in [0, 0.1) is 0 Å². The number of quaternary nitrogens is 1. The molecule has 2 aromatic rings. The second-order valence-electron chi connectivity index (χ2n) is 7.28. The maximum Gasteiger partial charge on any atom is 0.239 e. The van der Waals surface area contributed by atoms with E-state index >= 15 is 0 Å². The average molecular weight is 403 g/mol. The molecule has 0 unspecified atom stereocenters. The molecule has 1 aromatic heterocycles. The molecule has 1 saturated heterocycles. The molecule has 0 saturated carbocycles. The molecule has 3 rings (SSSR count). The fourth-order valence-electron chi connectivity index (χ4n) is 3.54. The van der Waals surface area contributed by atoms with E-state index in [9.17, 15) is 9.59 Å². The Morgan fingerprint density at radius 2 is 2.00 bits per heavy atom. The van der Waals surface area contributed by atoms with Crippen molar-refractivity contribution in [3.05, 3.63) is 41.7 Å². The standard InChI is InChI=1S/C20H27N5O2S/c1-4-16(23(2)3)19-21-22-20(25(19)13-15-9-6-5-7-10-15)28-14-18(27)24-12-8-11-17(24)26/h5-7,9-10,16H,4,8,11-14H2,1-3H3/p+1/t16-/m1/s1. The summed E-state index contributed by atoms with van der Waals surface area (Å²) >= 11 is 1.36. The molecule has 7 nitrogen and oxygen atoms in total. The number of hydrogen-bond acceptors (Lipinski definition) is 5. The van der Waals surface area contributed by atoms with Gasteiger partial charge in [0.1, 0.15) is 6.04 Å². The molecule has 1 aromatic carbocycles. The zero-order chi connectivity index (χ0) is 20.1. The van der Waals surface area contributed by atoms with Crippen molar-refractivity contribution >= 4 is 23.6 Å². The van der Waals surface area contributed by atoms with Crippen LogP contribution in [0.3, 0.4) is 0 Å². The molecule has 8 heteroatoms. The third-order valence-electron chi connectivity index (χ3n) is 5.05. The summed E-state index contributed by atoms with van der Waals surface area (Å²) in [5.41, 5.74) is 1.16. The third kappa shape index (κ3) is 4.62. The number of carbonyl (C=O) groups is 2. The highest BCUT2D eigenvalue weighted by molar-refractivity contribution is 7.99. The molecule has 1 aliphatic rings. The summed E-state index contributed by atoms with van der Waals surface area (Å²) in [6.45, 7) is 3.34. The molecule has 0 bridgehead atoms. The molecule has 1 aliphatic heterocycles. The summed E-state index contributed by atoms with van der Waals surface area (Å²) in [7, 11) is 4.23. The predicted molar refractivity (Wildman–Crippen MR) is 108 cm³/mol. The van der Waals surface area contributed by atoms with Crippen molar-refractivity contribution in [3.8, 4) is 0 Å². The van der Waals surface area contributed by atoms with Crippen LogP contribution in [0.25, 0.3) is 0 Å². The largest absolute Gasteiger partial charge is 0.331 e. The van der Waals surface area contributed by atoms with Gasteiger partial charge in [0.15, 0.2) is 11.0 Å². The van der Waals surface area contributed by atoms with Gasteiger partial charge < -0.3 is 4.90 Å². The lowest BCUT2D eigenvalue weighted by Gasteiger charge is -2.20. The molecule has 1 atom stereocenters. The maximum atomic E-state index is 12.4. The quantitative estimate of drug-likeness (QED) is 0.671. The molecule has 1 fully saturated rings. The zero-order valence-electron chi connectivity index (χ0n) is 16.7. The van der Waals surface area contributed by atoms with Gasteiger partial charge in [-0.1, -0.05) is 49.0 Å². The number of thioether (sulfide) groups is 1. The van der Waals surface area contributed by atoms with Crippen LogP contribution in [-0.4, -0.2) is 57.9 Å². The fourth-order valence-corrected chi connectivity index (χ4v) is 4.37. The van der Waals surface area contributed by atoms with Crippen molar-refractivity contribution < 1.29 is 14.5 Å². The number of nitrogens with zero attached hydrogens (tertiary/aromatic N) is 4. The van der Waals surface area contributed by atoms with Crippen molar-refractivity contribution in [2.45, 2.75) is 43.9 Å². The highest BCUT2D eigenvalue weighted by Gasteiger charge is 2.28. The van der Waals surface area contributed by atoms with Gasteiger partial charge in [-0.25, -0.2) is 0 Å². The summed E-state index contributed by atoms with van der Waals surface area (Å²) in [6, 6.07) is 10.4. The molecule has 28 heavy (non-hydrogen) atoms. The SMILES string of the molecule is CC[C@H](c1nnc(SCC(=O)N2CCCC2=O)n1Cc1ccccc1)[NH+](C)C. The number of nitrogens with one attached hydrogen (secondary N) is 1. The molecule has 0 spiro atoms. The molecule has 0 aliphatic carbocycles. The molecular formula is C20H28N5O2S+. The van der Waals surface area contributed by atoms with Crippen LogP contribution >= 0.6 is 11.8 Å². The van der Waals surface area contributed by atoms with Gasteiger partial charge in [-0.05, 0) is 12.0 Å². The van der Waals surface area contributed by atoms with Crippen LogP contribution in [-0.2, 0) is 16.1 Å². The number of benzene rings is 1. The number of likely N-dealkylation sites (tertiary alicyclic amines) is 1. The minimum atomic E-state index is -0.145. The number of rotatable bonds is 8. The van der Waals surface area contributed by atoms with E-state index in [0.29, 0.717) is 19.5 Å². The lowest BCUT2D eigenvalue weighted by atomic mass is 10.2. The first-order chi connectivity index (χ1) is 13.5. The Bertz CT molecular complexity index is 821. The van der Waals surface area contributed by atoms with Crippen LogP contribution in [0.1, 0.15) is 43.6 Å². The molecule has 150 valence electrons. The van der Waals surface area contributed by atoms with Crippen LogP contribution in [0.4, 0.5) is 0 Å². The Kier molecular flexibility index (Phi) is 6.85. The van der Waals surface area contributed by atoms with Crippen molar-refractivity contribution in [1.29, 1.82) is 0 Å². The van der Waals surface area contributed by atoms with Gasteiger partial charge in [0.2, 0.25) is 11.8 Å². The van der Waals surface area contributed by atoms with Crippen LogP contribution < -0.4 is 4.90 Å². The van der Waals surface area contributed by atoms with E-state index in [4.69, 9.17) is 0 Å². The topological polar surface area (TPSA) is 72.5 Å². The zero-order valence-corrected chi connectivity index (χ0v) is 17.5. The first kappa shape index (κ1) is 20.5. The molecule has 0 radical (unpaired) electrons. The van der Waals surface area contributed by atoms with Gasteiger partial charge in [0.25, 0.3) is 0 Å². The van der Waals surface area contributed by atoms with E-state index in [1.165, 1.54) is 21.6 Å². The van der Waals surface area contributed by atoms with Gasteiger partial charge in [-0.2, -0.15) is 0 Å². The number of imide groups is 1. The number of carbonyl (C=O) groups excluding carboxylic acids is 2. The minimum Gasteiger partial charge on any atom is -0.331 e. The number of hydrogen-bond donors (Lipinski definition) is 1. The van der Waals surface area contributed by atoms with Gasteiger partial charge in [0, 0.05) is 19.4 Å². The first-order valence-corrected chi connectivity index (χ1v) is 10.7. The summed E-state index contributed by atoms with van der Waals surface area (Å²) in [5.74, 6) is 0.913. The minimum absolute atomic E-state index is 0.0701. The number of aromatic nitrogens is 3. The van der Waals surface area contributed by atoms with Crippen molar-refractivity contribution in [1.82, 2.24) is 19.7 Å². The summed E-state index contributed by atoms with van der Waals surface area (Å²) < 4.78 is 2.11. The van der Waals surface area contributed by atoms with E-state index in [-0.39, 0.29) is 23.6 Å². The Morgan fingerprint density at radius 1 is 1.25 bits per heavy atom.